The lowest BCUT2D eigenvalue weighted by molar-refractivity contribution is 0.211. The van der Waals surface area contributed by atoms with Gasteiger partial charge in [0.05, 0.1) is 0 Å². The number of nitrogens with zero attached hydrogens (tertiary/aromatic N) is 2. The van der Waals surface area contributed by atoms with E-state index in [2.05, 4.69) is 22.4 Å². The van der Waals surface area contributed by atoms with E-state index in [4.69, 9.17) is 10.9 Å². The standard InChI is InChI=1S/C15H32N4O/c1-15(2,14(16)18-20)8-4-9-17-10-5-13-6-11-19(3)12-7-13/h13,17,20H,4-12H2,1-3H3,(H2,16,18). The zero-order chi connectivity index (χ0) is 15.0. The molecule has 0 amide bonds. The number of nitrogens with one attached hydrogen (secondary N) is 1. The molecule has 1 rings (SSSR count). The number of rotatable bonds is 8. The van der Waals surface area contributed by atoms with Gasteiger partial charge in [0.25, 0.3) is 0 Å². The van der Waals surface area contributed by atoms with Crippen molar-refractivity contribution in [2.75, 3.05) is 33.2 Å². The SMILES string of the molecule is CN1CCC(CCNCCCC(C)(C)C(N)=NO)CC1. The normalized spacial score (nSPS) is 19.4. The highest BCUT2D eigenvalue weighted by Crippen LogP contribution is 2.22. The van der Waals surface area contributed by atoms with Gasteiger partial charge in [-0.3, -0.25) is 0 Å². The molecule has 1 aliphatic rings. The van der Waals surface area contributed by atoms with Gasteiger partial charge in [-0.05, 0) is 71.2 Å². The predicted molar refractivity (Wildman–Crippen MR) is 84.1 cm³/mol. The molecule has 0 aromatic heterocycles. The van der Waals surface area contributed by atoms with Crippen LogP contribution in [-0.4, -0.2) is 49.2 Å². The molecule has 0 atom stereocenters. The predicted octanol–water partition coefficient (Wildman–Crippen LogP) is 1.86. The van der Waals surface area contributed by atoms with Crippen LogP contribution in [0.4, 0.5) is 0 Å². The summed E-state index contributed by atoms with van der Waals surface area (Å²) in [5, 5.41) is 15.3. The van der Waals surface area contributed by atoms with Crippen LogP contribution >= 0.6 is 0 Å². The van der Waals surface area contributed by atoms with Gasteiger partial charge in [0, 0.05) is 5.41 Å². The quantitative estimate of drug-likeness (QED) is 0.209. The second-order valence-electron chi connectivity index (χ2n) is 6.76. The molecule has 0 aromatic rings. The number of amidine groups is 1. The van der Waals surface area contributed by atoms with E-state index in [1.165, 1.54) is 32.4 Å². The van der Waals surface area contributed by atoms with E-state index in [1.54, 1.807) is 0 Å². The van der Waals surface area contributed by atoms with Gasteiger partial charge in [-0.2, -0.15) is 0 Å². The molecule has 0 unspecified atom stereocenters. The molecule has 20 heavy (non-hydrogen) atoms. The average molecular weight is 284 g/mol. The Morgan fingerprint density at radius 2 is 2.00 bits per heavy atom. The largest absolute Gasteiger partial charge is 0.409 e. The molecule has 0 radical (unpaired) electrons. The first-order valence-electron chi connectivity index (χ1n) is 7.83. The fourth-order valence-electron chi connectivity index (χ4n) is 2.70. The zero-order valence-corrected chi connectivity index (χ0v) is 13.4. The molecule has 0 bridgehead atoms. The highest BCUT2D eigenvalue weighted by molar-refractivity contribution is 5.85. The molecular weight excluding hydrogens is 252 g/mol. The van der Waals surface area contributed by atoms with Crippen LogP contribution in [0.2, 0.25) is 0 Å². The Morgan fingerprint density at radius 3 is 2.60 bits per heavy atom. The zero-order valence-electron chi connectivity index (χ0n) is 13.4. The Hall–Kier alpha value is -0.810. The van der Waals surface area contributed by atoms with Gasteiger partial charge in [0.15, 0.2) is 0 Å². The number of oxime groups is 1. The first-order chi connectivity index (χ1) is 9.45. The van der Waals surface area contributed by atoms with Crippen molar-refractivity contribution in [1.82, 2.24) is 10.2 Å². The van der Waals surface area contributed by atoms with E-state index in [0.717, 1.165) is 31.8 Å². The number of hydrogen-bond acceptors (Lipinski definition) is 4. The van der Waals surface area contributed by atoms with Gasteiger partial charge in [-0.15, -0.1) is 0 Å². The molecule has 0 aromatic carbocycles. The summed E-state index contributed by atoms with van der Waals surface area (Å²) in [5.41, 5.74) is 5.46. The third-order valence-corrected chi connectivity index (χ3v) is 4.52. The van der Waals surface area contributed by atoms with Crippen molar-refractivity contribution in [3.05, 3.63) is 0 Å². The van der Waals surface area contributed by atoms with E-state index >= 15 is 0 Å². The van der Waals surface area contributed by atoms with E-state index in [0.29, 0.717) is 5.84 Å². The number of piperidine rings is 1. The van der Waals surface area contributed by atoms with Crippen LogP contribution in [0.15, 0.2) is 5.16 Å². The van der Waals surface area contributed by atoms with E-state index in [-0.39, 0.29) is 5.41 Å². The van der Waals surface area contributed by atoms with Gasteiger partial charge in [0.2, 0.25) is 0 Å². The summed E-state index contributed by atoms with van der Waals surface area (Å²) in [6.45, 7) is 8.64. The summed E-state index contributed by atoms with van der Waals surface area (Å²) in [5.74, 6) is 1.22. The van der Waals surface area contributed by atoms with Gasteiger partial charge in [-0.25, -0.2) is 0 Å². The third kappa shape index (κ3) is 6.09. The molecule has 1 aliphatic heterocycles. The second kappa shape index (κ2) is 8.47. The molecule has 4 N–H and O–H groups in total. The molecule has 1 fully saturated rings. The lowest BCUT2D eigenvalue weighted by Crippen LogP contribution is -2.33. The van der Waals surface area contributed by atoms with E-state index in [1.807, 2.05) is 13.8 Å². The fourth-order valence-corrected chi connectivity index (χ4v) is 2.70. The van der Waals surface area contributed by atoms with Crippen LogP contribution in [0.25, 0.3) is 0 Å². The fraction of sp³-hybridized carbons (Fsp3) is 0.933. The molecule has 118 valence electrons. The Kier molecular flexibility index (Phi) is 7.30. The highest BCUT2D eigenvalue weighted by atomic mass is 16.4. The van der Waals surface area contributed by atoms with Gasteiger partial charge >= 0.3 is 0 Å². The molecular formula is C15H32N4O. The van der Waals surface area contributed by atoms with Crippen LogP contribution in [0, 0.1) is 11.3 Å². The summed E-state index contributed by atoms with van der Waals surface area (Å²) in [6, 6.07) is 0. The number of likely N-dealkylation sites (tertiary alicyclic amines) is 1. The van der Waals surface area contributed by atoms with Crippen molar-refractivity contribution >= 4 is 5.84 Å². The lowest BCUT2D eigenvalue weighted by atomic mass is 9.86. The second-order valence-corrected chi connectivity index (χ2v) is 6.76. The van der Waals surface area contributed by atoms with Crippen molar-refractivity contribution in [2.45, 2.75) is 46.0 Å². The molecule has 1 heterocycles. The molecule has 1 saturated heterocycles. The molecule has 0 spiro atoms. The van der Waals surface area contributed by atoms with Crippen LogP contribution in [0.1, 0.15) is 46.0 Å². The molecule has 0 saturated carbocycles. The summed E-state index contributed by atoms with van der Waals surface area (Å²) in [4.78, 5) is 2.42. The smallest absolute Gasteiger partial charge is 0.144 e. The minimum atomic E-state index is -0.218. The van der Waals surface area contributed by atoms with Crippen molar-refractivity contribution < 1.29 is 5.21 Å². The molecule has 5 nitrogen and oxygen atoms in total. The maximum atomic E-state index is 8.72. The maximum absolute atomic E-state index is 8.72. The summed E-state index contributed by atoms with van der Waals surface area (Å²) in [7, 11) is 2.21. The van der Waals surface area contributed by atoms with Gasteiger partial charge in [0.1, 0.15) is 5.84 Å². The Labute approximate surface area is 123 Å². The monoisotopic (exact) mass is 284 g/mol. The highest BCUT2D eigenvalue weighted by Gasteiger charge is 2.22. The Balaban J connectivity index is 2.02. The minimum Gasteiger partial charge on any atom is -0.409 e. The topological polar surface area (TPSA) is 73.9 Å². The van der Waals surface area contributed by atoms with E-state index < -0.39 is 0 Å². The van der Waals surface area contributed by atoms with Gasteiger partial charge < -0.3 is 21.2 Å². The molecule has 5 heteroatoms. The van der Waals surface area contributed by atoms with E-state index in [9.17, 15) is 0 Å². The number of hydrogen-bond donors (Lipinski definition) is 3. The Morgan fingerprint density at radius 1 is 1.35 bits per heavy atom. The van der Waals surface area contributed by atoms with Crippen LogP contribution < -0.4 is 11.1 Å². The van der Waals surface area contributed by atoms with Crippen LogP contribution in [0.3, 0.4) is 0 Å². The lowest BCUT2D eigenvalue weighted by Gasteiger charge is -2.29. The minimum absolute atomic E-state index is 0.218. The first kappa shape index (κ1) is 17.2. The summed E-state index contributed by atoms with van der Waals surface area (Å²) < 4.78 is 0. The van der Waals surface area contributed by atoms with Crippen LogP contribution in [-0.2, 0) is 0 Å². The van der Waals surface area contributed by atoms with Crippen molar-refractivity contribution in [1.29, 1.82) is 0 Å². The average Bonchev–Trinajstić information content (AvgIpc) is 2.43. The maximum Gasteiger partial charge on any atom is 0.144 e. The van der Waals surface area contributed by atoms with Crippen molar-refractivity contribution in [2.24, 2.45) is 22.2 Å². The summed E-state index contributed by atoms with van der Waals surface area (Å²) in [6.07, 6.45) is 5.96. The van der Waals surface area contributed by atoms with Gasteiger partial charge in [-0.1, -0.05) is 19.0 Å². The first-order valence-corrected chi connectivity index (χ1v) is 7.83. The van der Waals surface area contributed by atoms with Crippen molar-refractivity contribution in [3.8, 4) is 0 Å². The Bertz CT molecular complexity index is 296. The molecule has 0 aliphatic carbocycles. The summed E-state index contributed by atoms with van der Waals surface area (Å²) >= 11 is 0. The van der Waals surface area contributed by atoms with Crippen molar-refractivity contribution in [3.63, 3.8) is 0 Å². The van der Waals surface area contributed by atoms with Crippen LogP contribution in [0.5, 0.6) is 0 Å². The number of nitrogens with two attached hydrogens (primary N) is 1. The third-order valence-electron chi connectivity index (χ3n) is 4.52.